The van der Waals surface area contributed by atoms with E-state index < -0.39 is 14.4 Å². The molecule has 0 amide bonds. The highest BCUT2D eigenvalue weighted by molar-refractivity contribution is 6.99. The molecular formula is C29H34O3Si. The monoisotopic (exact) mass is 458 g/mol. The van der Waals surface area contributed by atoms with Gasteiger partial charge in [-0.2, -0.15) is 0 Å². The van der Waals surface area contributed by atoms with E-state index in [1.54, 1.807) is 7.11 Å². The van der Waals surface area contributed by atoms with Gasteiger partial charge < -0.3 is 14.3 Å². The van der Waals surface area contributed by atoms with E-state index in [4.69, 9.17) is 9.16 Å². The number of methoxy groups -OCH3 is 1. The second-order valence-electron chi connectivity index (χ2n) is 9.22. The smallest absolute Gasteiger partial charge is 0.262 e. The zero-order chi connectivity index (χ0) is 23.7. The maximum Gasteiger partial charge on any atom is 0.262 e. The number of benzene rings is 3. The van der Waals surface area contributed by atoms with Crippen molar-refractivity contribution in [1.82, 2.24) is 0 Å². The number of aliphatic hydroxyl groups is 1. The molecular weight excluding hydrogens is 424 g/mol. The van der Waals surface area contributed by atoms with E-state index in [0.29, 0.717) is 19.4 Å². The minimum Gasteiger partial charge on any atom is -0.497 e. The number of aliphatic hydroxyl groups excluding tert-OH is 1. The molecule has 1 N–H and O–H groups in total. The molecule has 0 aromatic heterocycles. The van der Waals surface area contributed by atoms with Gasteiger partial charge in [-0.3, -0.25) is 0 Å². The van der Waals surface area contributed by atoms with E-state index >= 15 is 0 Å². The van der Waals surface area contributed by atoms with Crippen molar-refractivity contribution in [3.8, 4) is 17.6 Å². The van der Waals surface area contributed by atoms with Crippen molar-refractivity contribution < 1.29 is 14.3 Å². The highest BCUT2D eigenvalue weighted by Gasteiger charge is 2.49. The van der Waals surface area contributed by atoms with E-state index in [0.717, 1.165) is 11.3 Å². The van der Waals surface area contributed by atoms with Crippen molar-refractivity contribution in [2.24, 2.45) is 0 Å². The predicted octanol–water partition coefficient (Wildman–Crippen LogP) is 4.57. The van der Waals surface area contributed by atoms with Crippen LogP contribution in [0.3, 0.4) is 0 Å². The van der Waals surface area contributed by atoms with E-state index in [9.17, 15) is 5.11 Å². The molecule has 1 atom stereocenters. The fourth-order valence-electron chi connectivity index (χ4n) is 4.25. The third-order valence-corrected chi connectivity index (χ3v) is 10.9. The number of hydrogen-bond acceptors (Lipinski definition) is 3. The molecule has 3 aromatic carbocycles. The van der Waals surface area contributed by atoms with E-state index in [-0.39, 0.29) is 5.04 Å². The van der Waals surface area contributed by atoms with Crippen LogP contribution in [-0.2, 0) is 10.8 Å². The maximum absolute atomic E-state index is 10.4. The average Bonchev–Trinajstić information content (AvgIpc) is 2.82. The zero-order valence-electron chi connectivity index (χ0n) is 20.0. The normalized spacial score (nSPS) is 12.5. The van der Waals surface area contributed by atoms with Gasteiger partial charge in [0.2, 0.25) is 0 Å². The summed E-state index contributed by atoms with van der Waals surface area (Å²) < 4.78 is 11.9. The molecule has 0 radical (unpaired) electrons. The summed E-state index contributed by atoms with van der Waals surface area (Å²) in [4.78, 5) is 0. The lowest BCUT2D eigenvalue weighted by atomic mass is 10.1. The van der Waals surface area contributed by atoms with Crippen LogP contribution in [0.1, 0.15) is 32.8 Å². The van der Waals surface area contributed by atoms with Crippen LogP contribution in [-0.4, -0.2) is 33.2 Å². The molecule has 3 rings (SSSR count). The summed E-state index contributed by atoms with van der Waals surface area (Å²) >= 11 is 0. The molecule has 0 aliphatic heterocycles. The summed E-state index contributed by atoms with van der Waals surface area (Å²) in [6, 6.07) is 28.9. The first-order valence-electron chi connectivity index (χ1n) is 11.4. The van der Waals surface area contributed by atoms with Crippen LogP contribution in [0.15, 0.2) is 84.9 Å². The summed E-state index contributed by atoms with van der Waals surface area (Å²) in [7, 11) is -0.926. The molecule has 4 heteroatoms. The molecule has 0 saturated carbocycles. The Morgan fingerprint density at radius 2 is 1.36 bits per heavy atom. The Morgan fingerprint density at radius 3 is 1.85 bits per heavy atom. The zero-order valence-corrected chi connectivity index (χ0v) is 21.0. The van der Waals surface area contributed by atoms with Crippen molar-refractivity contribution in [1.29, 1.82) is 0 Å². The number of hydrogen-bond donors (Lipinski definition) is 1. The SMILES string of the molecule is COc1ccc(CC(O)CC#CCO[Si](c2ccccc2)(c2ccccc2)C(C)(C)C)cc1. The van der Waals surface area contributed by atoms with Gasteiger partial charge >= 0.3 is 0 Å². The van der Waals surface area contributed by atoms with Crippen molar-refractivity contribution in [3.05, 3.63) is 90.5 Å². The Labute approximate surface area is 199 Å². The molecule has 1 unspecified atom stereocenters. The van der Waals surface area contributed by atoms with Crippen molar-refractivity contribution in [3.63, 3.8) is 0 Å². The predicted molar refractivity (Wildman–Crippen MR) is 139 cm³/mol. The van der Waals surface area contributed by atoms with Crippen LogP contribution in [0, 0.1) is 11.8 Å². The number of rotatable bonds is 8. The lowest BCUT2D eigenvalue weighted by molar-refractivity contribution is 0.180. The van der Waals surface area contributed by atoms with Gasteiger partial charge in [0, 0.05) is 6.42 Å². The first-order valence-corrected chi connectivity index (χ1v) is 13.3. The third-order valence-electron chi connectivity index (χ3n) is 5.87. The minimum atomic E-state index is -2.57. The van der Waals surface area contributed by atoms with E-state index in [2.05, 4.69) is 81.1 Å². The Morgan fingerprint density at radius 1 is 0.818 bits per heavy atom. The highest BCUT2D eigenvalue weighted by Crippen LogP contribution is 2.36. The lowest BCUT2D eigenvalue weighted by Crippen LogP contribution is -2.66. The van der Waals surface area contributed by atoms with Gasteiger partial charge in [0.25, 0.3) is 8.32 Å². The molecule has 0 heterocycles. The lowest BCUT2D eigenvalue weighted by Gasteiger charge is -2.42. The standard InChI is InChI=1S/C29H34O3Si/c1-29(2,3)33(27-14-7-5-8-15-27,28-16-9-6-10-17-28)32-22-12-11-13-25(30)23-24-18-20-26(31-4)21-19-24/h5-10,14-21,25,30H,13,22-23H2,1-4H3. The van der Waals surface area contributed by atoms with Crippen LogP contribution in [0.5, 0.6) is 5.75 Å². The minimum absolute atomic E-state index is 0.0781. The first kappa shape index (κ1) is 24.8. The van der Waals surface area contributed by atoms with Gasteiger partial charge in [-0.15, -0.1) is 0 Å². The summed E-state index contributed by atoms with van der Waals surface area (Å²) in [6.45, 7) is 7.10. The number of ether oxygens (including phenoxy) is 1. The topological polar surface area (TPSA) is 38.7 Å². The molecule has 3 nitrogen and oxygen atoms in total. The van der Waals surface area contributed by atoms with Crippen LogP contribution >= 0.6 is 0 Å². The van der Waals surface area contributed by atoms with Crippen LogP contribution < -0.4 is 15.1 Å². The van der Waals surface area contributed by atoms with Crippen molar-refractivity contribution >= 4 is 18.7 Å². The van der Waals surface area contributed by atoms with Crippen molar-refractivity contribution in [2.45, 2.75) is 44.8 Å². The fraction of sp³-hybridized carbons (Fsp3) is 0.310. The molecule has 0 fully saturated rings. The Bertz CT molecular complexity index is 1010. The molecule has 33 heavy (non-hydrogen) atoms. The largest absolute Gasteiger partial charge is 0.497 e. The highest BCUT2D eigenvalue weighted by atomic mass is 28.4. The van der Waals surface area contributed by atoms with Gasteiger partial charge in [0.1, 0.15) is 5.75 Å². The molecule has 3 aromatic rings. The molecule has 0 saturated heterocycles. The van der Waals surface area contributed by atoms with Crippen LogP contribution in [0.25, 0.3) is 0 Å². The van der Waals surface area contributed by atoms with E-state index in [1.165, 1.54) is 10.4 Å². The Kier molecular flexibility index (Phi) is 8.52. The van der Waals surface area contributed by atoms with Crippen molar-refractivity contribution in [2.75, 3.05) is 13.7 Å². The van der Waals surface area contributed by atoms with Gasteiger partial charge in [-0.05, 0) is 39.5 Å². The van der Waals surface area contributed by atoms with E-state index in [1.807, 2.05) is 36.4 Å². The van der Waals surface area contributed by atoms with Crippen LogP contribution in [0.4, 0.5) is 0 Å². The fourth-order valence-corrected chi connectivity index (χ4v) is 8.70. The Hall–Kier alpha value is -2.84. The molecule has 0 spiro atoms. The molecule has 172 valence electrons. The quantitative estimate of drug-likeness (QED) is 0.397. The summed E-state index contributed by atoms with van der Waals surface area (Å²) in [5.74, 6) is 7.11. The van der Waals surface area contributed by atoms with Gasteiger partial charge in [0.05, 0.1) is 19.8 Å². The average molecular weight is 459 g/mol. The van der Waals surface area contributed by atoms with Gasteiger partial charge in [-0.1, -0.05) is 105 Å². The summed E-state index contributed by atoms with van der Waals surface area (Å²) in [6.07, 6.45) is 0.462. The second-order valence-corrected chi connectivity index (χ2v) is 13.5. The second kappa shape index (κ2) is 11.3. The van der Waals surface area contributed by atoms with Gasteiger partial charge in [0.15, 0.2) is 0 Å². The van der Waals surface area contributed by atoms with Crippen LogP contribution in [0.2, 0.25) is 5.04 Å². The summed E-state index contributed by atoms with van der Waals surface area (Å²) in [5.41, 5.74) is 1.06. The molecule has 0 aliphatic carbocycles. The maximum atomic E-state index is 10.4. The Balaban J connectivity index is 1.73. The molecule has 0 bridgehead atoms. The third kappa shape index (κ3) is 6.14. The first-order chi connectivity index (χ1) is 15.9. The van der Waals surface area contributed by atoms with Gasteiger partial charge in [-0.25, -0.2) is 0 Å². The molecule has 0 aliphatic rings. The summed E-state index contributed by atoms with van der Waals surface area (Å²) in [5, 5.41) is 12.8.